The van der Waals surface area contributed by atoms with Gasteiger partial charge in [-0.05, 0) is 18.1 Å². The van der Waals surface area contributed by atoms with Crippen molar-refractivity contribution in [3.8, 4) is 0 Å². The molecule has 0 aliphatic carbocycles. The zero-order valence-corrected chi connectivity index (χ0v) is 12.7. The van der Waals surface area contributed by atoms with Gasteiger partial charge in [0, 0.05) is 5.70 Å². The Labute approximate surface area is 131 Å². The van der Waals surface area contributed by atoms with Gasteiger partial charge in [-0.1, -0.05) is 67.2 Å². The monoisotopic (exact) mass is 299 g/mol. The Morgan fingerprint density at radius 1 is 1.00 bits per heavy atom. The van der Waals surface area contributed by atoms with Crippen LogP contribution in [0, 0.1) is 0 Å². The number of nitrogens with two attached hydrogens (primary N) is 1. The molecular formula is C18H21NO3. The third-order valence-electron chi connectivity index (χ3n) is 2.61. The van der Waals surface area contributed by atoms with E-state index in [9.17, 15) is 4.79 Å². The highest BCUT2D eigenvalue weighted by Gasteiger charge is 2.01. The van der Waals surface area contributed by atoms with Gasteiger partial charge in [-0.3, -0.25) is 0 Å². The molecule has 0 aliphatic rings. The predicted molar refractivity (Wildman–Crippen MR) is 87.9 cm³/mol. The van der Waals surface area contributed by atoms with Crippen molar-refractivity contribution in [1.82, 2.24) is 0 Å². The second-order valence-electron chi connectivity index (χ2n) is 4.35. The van der Waals surface area contributed by atoms with Crippen LogP contribution in [0.3, 0.4) is 0 Å². The summed E-state index contributed by atoms with van der Waals surface area (Å²) in [6, 6.07) is 19.2. The highest BCUT2D eigenvalue weighted by molar-refractivity contribution is 5.60. The fraction of sp³-hybridized carbons (Fsp3) is 0.167. The van der Waals surface area contributed by atoms with E-state index in [1.165, 1.54) is 0 Å². The van der Waals surface area contributed by atoms with Crippen LogP contribution < -0.4 is 5.73 Å². The highest BCUT2D eigenvalue weighted by atomic mass is 16.7. The maximum absolute atomic E-state index is 10.8. The number of carbonyl (C=O) groups excluding carboxylic acids is 1. The predicted octanol–water partition coefficient (Wildman–Crippen LogP) is 3.98. The van der Waals surface area contributed by atoms with Gasteiger partial charge in [0.1, 0.15) is 6.61 Å². The summed E-state index contributed by atoms with van der Waals surface area (Å²) in [5, 5.41) is 0. The fourth-order valence-electron chi connectivity index (χ4n) is 1.53. The van der Waals surface area contributed by atoms with Gasteiger partial charge in [-0.2, -0.15) is 0 Å². The van der Waals surface area contributed by atoms with Gasteiger partial charge in [0.2, 0.25) is 0 Å². The Kier molecular flexibility index (Phi) is 7.90. The van der Waals surface area contributed by atoms with Crippen molar-refractivity contribution in [2.24, 2.45) is 5.73 Å². The second-order valence-corrected chi connectivity index (χ2v) is 4.35. The van der Waals surface area contributed by atoms with Crippen LogP contribution in [0.5, 0.6) is 0 Å². The molecule has 0 spiro atoms. The zero-order chi connectivity index (χ0) is 16.2. The summed E-state index contributed by atoms with van der Waals surface area (Å²) in [5.41, 5.74) is 7.99. The molecular weight excluding hydrogens is 278 g/mol. The lowest BCUT2D eigenvalue weighted by Crippen LogP contribution is -2.06. The molecule has 2 aromatic rings. The average Bonchev–Trinajstić information content (AvgIpc) is 2.56. The van der Waals surface area contributed by atoms with Crippen molar-refractivity contribution in [2.75, 3.05) is 6.61 Å². The van der Waals surface area contributed by atoms with Gasteiger partial charge in [0.25, 0.3) is 0 Å². The van der Waals surface area contributed by atoms with Crippen LogP contribution in [-0.4, -0.2) is 12.8 Å². The lowest BCUT2D eigenvalue weighted by Gasteiger charge is -2.03. The molecule has 0 amide bonds. The number of hydrogen-bond acceptors (Lipinski definition) is 4. The molecule has 0 heterocycles. The zero-order valence-electron chi connectivity index (χ0n) is 12.7. The van der Waals surface area contributed by atoms with Crippen LogP contribution in [0.2, 0.25) is 0 Å². The minimum atomic E-state index is -0.619. The van der Waals surface area contributed by atoms with Gasteiger partial charge >= 0.3 is 6.16 Å². The van der Waals surface area contributed by atoms with Crippen LogP contribution in [0.25, 0.3) is 5.70 Å². The van der Waals surface area contributed by atoms with E-state index in [1.54, 1.807) is 6.92 Å². The first-order valence-electron chi connectivity index (χ1n) is 6.96. The van der Waals surface area contributed by atoms with Gasteiger partial charge in [0.15, 0.2) is 0 Å². The second kappa shape index (κ2) is 10.0. The van der Waals surface area contributed by atoms with Crippen molar-refractivity contribution < 1.29 is 14.3 Å². The summed E-state index contributed by atoms with van der Waals surface area (Å²) >= 11 is 0. The molecule has 0 fully saturated rings. The van der Waals surface area contributed by atoms with E-state index >= 15 is 0 Å². The lowest BCUT2D eigenvalue weighted by molar-refractivity contribution is 0.0536. The maximum atomic E-state index is 10.8. The molecule has 0 atom stereocenters. The molecule has 2 aromatic carbocycles. The number of benzene rings is 2. The van der Waals surface area contributed by atoms with Crippen molar-refractivity contribution in [3.05, 3.63) is 78.4 Å². The van der Waals surface area contributed by atoms with E-state index in [-0.39, 0.29) is 6.61 Å². The van der Waals surface area contributed by atoms with E-state index in [4.69, 9.17) is 10.5 Å². The molecule has 0 radical (unpaired) electrons. The number of rotatable bonds is 4. The van der Waals surface area contributed by atoms with Gasteiger partial charge < -0.3 is 15.2 Å². The molecule has 2 N–H and O–H groups in total. The van der Waals surface area contributed by atoms with Gasteiger partial charge in [-0.15, -0.1) is 0 Å². The van der Waals surface area contributed by atoms with Gasteiger partial charge in [0.05, 0.1) is 6.61 Å². The lowest BCUT2D eigenvalue weighted by atomic mass is 10.2. The van der Waals surface area contributed by atoms with E-state index < -0.39 is 6.16 Å². The standard InChI is InChI=1S/C10H12O3.C8H9N/c1-2-12-10(11)13-8-9-6-4-3-5-7-9;1-7(9)8-5-3-2-4-6-8/h3-7H,2,8H2,1H3;2-6H,1,9H2. The largest absolute Gasteiger partial charge is 0.508 e. The molecule has 0 aliphatic heterocycles. The first-order valence-corrected chi connectivity index (χ1v) is 6.96. The maximum Gasteiger partial charge on any atom is 0.508 e. The minimum Gasteiger partial charge on any atom is -0.435 e. The molecule has 4 nitrogen and oxygen atoms in total. The topological polar surface area (TPSA) is 61.5 Å². The van der Waals surface area contributed by atoms with Crippen LogP contribution in [-0.2, 0) is 16.1 Å². The molecule has 22 heavy (non-hydrogen) atoms. The fourth-order valence-corrected chi connectivity index (χ4v) is 1.53. The minimum absolute atomic E-state index is 0.264. The van der Waals surface area contributed by atoms with Gasteiger partial charge in [-0.25, -0.2) is 4.79 Å². The first-order chi connectivity index (χ1) is 10.6. The summed E-state index contributed by atoms with van der Waals surface area (Å²) in [4.78, 5) is 10.8. The molecule has 2 rings (SSSR count). The molecule has 116 valence electrons. The first kappa shape index (κ1) is 17.3. The third kappa shape index (κ3) is 7.14. The highest BCUT2D eigenvalue weighted by Crippen LogP contribution is 2.03. The van der Waals surface area contributed by atoms with Crippen LogP contribution >= 0.6 is 0 Å². The molecule has 0 saturated carbocycles. The Balaban J connectivity index is 0.000000235. The molecule has 0 bridgehead atoms. The van der Waals surface area contributed by atoms with E-state index in [2.05, 4.69) is 11.3 Å². The molecule has 0 unspecified atom stereocenters. The summed E-state index contributed by atoms with van der Waals surface area (Å²) in [6.45, 7) is 5.95. The number of carbonyl (C=O) groups is 1. The van der Waals surface area contributed by atoms with E-state index in [0.29, 0.717) is 12.3 Å². The summed E-state index contributed by atoms with van der Waals surface area (Å²) in [5.74, 6) is 0. The Bertz CT molecular complexity index is 567. The summed E-state index contributed by atoms with van der Waals surface area (Å²) < 4.78 is 9.41. The number of ether oxygens (including phenoxy) is 2. The smallest absolute Gasteiger partial charge is 0.435 e. The Morgan fingerprint density at radius 3 is 2.00 bits per heavy atom. The van der Waals surface area contributed by atoms with Crippen molar-refractivity contribution in [2.45, 2.75) is 13.5 Å². The summed E-state index contributed by atoms with van der Waals surface area (Å²) in [6.07, 6.45) is -0.619. The van der Waals surface area contributed by atoms with Crippen molar-refractivity contribution in [3.63, 3.8) is 0 Å². The SMILES string of the molecule is C=C(N)c1ccccc1.CCOC(=O)OCc1ccccc1. The van der Waals surface area contributed by atoms with Crippen LogP contribution in [0.4, 0.5) is 4.79 Å². The molecule has 0 aromatic heterocycles. The van der Waals surface area contributed by atoms with Crippen molar-refractivity contribution in [1.29, 1.82) is 0 Å². The van der Waals surface area contributed by atoms with E-state index in [1.807, 2.05) is 60.7 Å². The summed E-state index contributed by atoms with van der Waals surface area (Å²) in [7, 11) is 0. The third-order valence-corrected chi connectivity index (χ3v) is 2.61. The van der Waals surface area contributed by atoms with Crippen LogP contribution in [0.15, 0.2) is 67.2 Å². The molecule has 4 heteroatoms. The van der Waals surface area contributed by atoms with Crippen molar-refractivity contribution >= 4 is 11.9 Å². The average molecular weight is 299 g/mol. The Hall–Kier alpha value is -2.75. The van der Waals surface area contributed by atoms with Crippen LogP contribution in [0.1, 0.15) is 18.1 Å². The quantitative estimate of drug-likeness (QED) is 0.868. The normalized spacial score (nSPS) is 9.14. The number of hydrogen-bond donors (Lipinski definition) is 1. The van der Waals surface area contributed by atoms with E-state index in [0.717, 1.165) is 11.1 Å². The Morgan fingerprint density at radius 2 is 1.55 bits per heavy atom. The molecule has 0 saturated heterocycles.